The van der Waals surface area contributed by atoms with Gasteiger partial charge in [0.2, 0.25) is 0 Å². The third kappa shape index (κ3) is 5.52. The fourth-order valence-electron chi connectivity index (χ4n) is 3.12. The number of nitrogens with zero attached hydrogens (tertiary/aromatic N) is 1. The Morgan fingerprint density at radius 2 is 1.88 bits per heavy atom. The molecular weight excluding hydrogens is 407 g/mol. The Hall–Kier alpha value is -4.11. The number of benzene rings is 3. The summed E-state index contributed by atoms with van der Waals surface area (Å²) in [7, 11) is 1.48. The number of carbonyl (C=O) groups excluding carboxylic acids is 1. The monoisotopic (exact) mass is 430 g/mol. The van der Waals surface area contributed by atoms with E-state index in [9.17, 15) is 14.4 Å². The maximum atomic E-state index is 13.8. The molecule has 0 unspecified atom stereocenters. The van der Waals surface area contributed by atoms with E-state index >= 15 is 0 Å². The van der Waals surface area contributed by atoms with E-state index in [1.54, 1.807) is 36.4 Å². The molecule has 162 valence electrons. The number of nitrogens with one attached hydrogen (secondary N) is 1. The molecule has 0 fully saturated rings. The maximum Gasteiger partial charge on any atom is 0.266 e. The lowest BCUT2D eigenvalue weighted by molar-refractivity contribution is -0.112. The zero-order chi connectivity index (χ0) is 23.1. The number of rotatable bonds is 7. The van der Waals surface area contributed by atoms with Gasteiger partial charge in [-0.05, 0) is 55.3 Å². The van der Waals surface area contributed by atoms with Crippen molar-refractivity contribution in [2.24, 2.45) is 0 Å². The minimum Gasteiger partial charge on any atom is -0.493 e. The van der Waals surface area contributed by atoms with Gasteiger partial charge in [0.25, 0.3) is 5.91 Å². The normalized spacial score (nSPS) is 10.9. The summed E-state index contributed by atoms with van der Waals surface area (Å²) in [5.74, 6) is -0.0221. The standard InChI is InChI=1S/C26H23FN2O3/c1-17-8-10-23(18(2)12-17)29-26(30)21(15-28)13-19-9-11-24(25(14-19)31-3)32-16-20-6-4-5-7-22(20)27/h4-14H,16H2,1-3H3,(H,29,30)/b21-13+. The number of nitriles is 1. The van der Waals surface area contributed by atoms with Crippen molar-refractivity contribution in [1.82, 2.24) is 0 Å². The molecule has 3 aromatic rings. The van der Waals surface area contributed by atoms with Crippen LogP contribution in [0.1, 0.15) is 22.3 Å². The fourth-order valence-corrected chi connectivity index (χ4v) is 3.12. The van der Waals surface area contributed by atoms with Crippen molar-refractivity contribution >= 4 is 17.7 Å². The van der Waals surface area contributed by atoms with Crippen molar-refractivity contribution in [3.8, 4) is 17.6 Å². The molecule has 1 N–H and O–H groups in total. The molecule has 0 aliphatic carbocycles. The van der Waals surface area contributed by atoms with E-state index in [1.165, 1.54) is 19.3 Å². The molecule has 0 bridgehead atoms. The highest BCUT2D eigenvalue weighted by atomic mass is 19.1. The van der Waals surface area contributed by atoms with E-state index in [0.717, 1.165) is 11.1 Å². The Bertz CT molecular complexity index is 1210. The van der Waals surface area contributed by atoms with Gasteiger partial charge in [0.05, 0.1) is 7.11 Å². The number of carbonyl (C=O) groups is 1. The number of ether oxygens (including phenoxy) is 2. The van der Waals surface area contributed by atoms with Crippen LogP contribution in [0.4, 0.5) is 10.1 Å². The Labute approximate surface area is 186 Å². The molecule has 32 heavy (non-hydrogen) atoms. The zero-order valence-electron chi connectivity index (χ0n) is 18.1. The van der Waals surface area contributed by atoms with E-state index in [2.05, 4.69) is 5.32 Å². The van der Waals surface area contributed by atoms with E-state index in [4.69, 9.17) is 9.47 Å². The summed E-state index contributed by atoms with van der Waals surface area (Å²) >= 11 is 0. The summed E-state index contributed by atoms with van der Waals surface area (Å²) < 4.78 is 24.9. The number of hydrogen-bond acceptors (Lipinski definition) is 4. The van der Waals surface area contributed by atoms with E-state index in [-0.39, 0.29) is 18.0 Å². The number of aryl methyl sites for hydroxylation is 2. The van der Waals surface area contributed by atoms with E-state index in [1.807, 2.05) is 38.1 Å². The summed E-state index contributed by atoms with van der Waals surface area (Å²) in [5, 5.41) is 12.3. The smallest absolute Gasteiger partial charge is 0.266 e. The number of halogens is 1. The molecule has 1 amide bonds. The van der Waals surface area contributed by atoms with Crippen LogP contribution >= 0.6 is 0 Å². The van der Waals surface area contributed by atoms with Gasteiger partial charge in [-0.1, -0.05) is 42.0 Å². The van der Waals surface area contributed by atoms with Crippen LogP contribution in [0.5, 0.6) is 11.5 Å². The lowest BCUT2D eigenvalue weighted by Crippen LogP contribution is -2.14. The SMILES string of the molecule is COc1cc(/C=C(\C#N)C(=O)Nc2ccc(C)cc2C)ccc1OCc1ccccc1F. The van der Waals surface area contributed by atoms with Gasteiger partial charge in [0, 0.05) is 11.3 Å². The van der Waals surface area contributed by atoms with Crippen molar-refractivity contribution in [2.75, 3.05) is 12.4 Å². The molecule has 0 aromatic heterocycles. The Morgan fingerprint density at radius 3 is 2.56 bits per heavy atom. The molecule has 6 heteroatoms. The molecule has 0 heterocycles. The first kappa shape index (κ1) is 22.6. The van der Waals surface area contributed by atoms with Crippen LogP contribution in [0.2, 0.25) is 0 Å². The number of methoxy groups -OCH3 is 1. The van der Waals surface area contributed by atoms with Gasteiger partial charge in [-0.15, -0.1) is 0 Å². The summed E-state index contributed by atoms with van der Waals surface area (Å²) in [4.78, 5) is 12.6. The highest BCUT2D eigenvalue weighted by Crippen LogP contribution is 2.30. The first-order chi connectivity index (χ1) is 15.4. The summed E-state index contributed by atoms with van der Waals surface area (Å²) in [6.07, 6.45) is 1.47. The third-order valence-corrected chi connectivity index (χ3v) is 4.83. The van der Waals surface area contributed by atoms with Gasteiger partial charge >= 0.3 is 0 Å². The summed E-state index contributed by atoms with van der Waals surface area (Å²) in [6, 6.07) is 19.0. The number of hydrogen-bond donors (Lipinski definition) is 1. The van der Waals surface area contributed by atoms with Crippen LogP contribution in [-0.2, 0) is 11.4 Å². The van der Waals surface area contributed by atoms with Gasteiger partial charge in [-0.3, -0.25) is 4.79 Å². The van der Waals surface area contributed by atoms with Crippen LogP contribution in [0.3, 0.4) is 0 Å². The molecule has 0 saturated carbocycles. The molecule has 0 radical (unpaired) electrons. The lowest BCUT2D eigenvalue weighted by Gasteiger charge is -2.12. The van der Waals surface area contributed by atoms with Crippen LogP contribution in [0.25, 0.3) is 6.08 Å². The minimum atomic E-state index is -0.502. The van der Waals surface area contributed by atoms with E-state index < -0.39 is 5.91 Å². The fraction of sp³-hybridized carbons (Fsp3) is 0.154. The molecule has 5 nitrogen and oxygen atoms in total. The first-order valence-corrected chi connectivity index (χ1v) is 9.96. The van der Waals surface area contributed by atoms with Gasteiger partial charge < -0.3 is 14.8 Å². The van der Waals surface area contributed by atoms with Crippen molar-refractivity contribution in [2.45, 2.75) is 20.5 Å². The highest BCUT2D eigenvalue weighted by Gasteiger charge is 2.13. The maximum absolute atomic E-state index is 13.8. The second-order valence-electron chi connectivity index (χ2n) is 7.23. The van der Waals surface area contributed by atoms with Gasteiger partial charge in [0.15, 0.2) is 11.5 Å². The third-order valence-electron chi connectivity index (χ3n) is 4.83. The molecule has 0 saturated heterocycles. The number of anilines is 1. The Morgan fingerprint density at radius 1 is 1.09 bits per heavy atom. The predicted molar refractivity (Wildman–Crippen MR) is 122 cm³/mol. The van der Waals surface area contributed by atoms with Crippen LogP contribution in [0.15, 0.2) is 66.2 Å². The average molecular weight is 430 g/mol. The quantitative estimate of drug-likeness (QED) is 0.393. The van der Waals surface area contributed by atoms with Crippen LogP contribution < -0.4 is 14.8 Å². The van der Waals surface area contributed by atoms with E-state index in [0.29, 0.717) is 28.3 Å². The molecule has 0 aliphatic rings. The lowest BCUT2D eigenvalue weighted by atomic mass is 10.1. The predicted octanol–water partition coefficient (Wildman–Crippen LogP) is 5.58. The molecule has 0 aliphatic heterocycles. The van der Waals surface area contributed by atoms with Crippen molar-refractivity contribution in [3.63, 3.8) is 0 Å². The topological polar surface area (TPSA) is 71.3 Å². The van der Waals surface area contributed by atoms with Crippen LogP contribution in [0, 0.1) is 31.0 Å². The second-order valence-corrected chi connectivity index (χ2v) is 7.23. The molecule has 0 atom stereocenters. The summed E-state index contributed by atoms with van der Waals surface area (Å²) in [5.41, 5.74) is 3.61. The zero-order valence-corrected chi connectivity index (χ0v) is 18.1. The molecule has 3 aromatic carbocycles. The van der Waals surface area contributed by atoms with Gasteiger partial charge in [-0.2, -0.15) is 5.26 Å². The summed E-state index contributed by atoms with van der Waals surface area (Å²) in [6.45, 7) is 3.90. The van der Waals surface area contributed by atoms with Gasteiger partial charge in [-0.25, -0.2) is 4.39 Å². The minimum absolute atomic E-state index is 0.0416. The second kappa shape index (κ2) is 10.3. The van der Waals surface area contributed by atoms with Crippen molar-refractivity contribution < 1.29 is 18.7 Å². The molecule has 0 spiro atoms. The highest BCUT2D eigenvalue weighted by molar-refractivity contribution is 6.10. The van der Waals surface area contributed by atoms with Crippen molar-refractivity contribution in [1.29, 1.82) is 5.26 Å². The molecular formula is C26H23FN2O3. The van der Waals surface area contributed by atoms with Crippen LogP contribution in [-0.4, -0.2) is 13.0 Å². The largest absolute Gasteiger partial charge is 0.493 e. The average Bonchev–Trinajstić information content (AvgIpc) is 2.79. The van der Waals surface area contributed by atoms with Gasteiger partial charge in [0.1, 0.15) is 24.1 Å². The Balaban J connectivity index is 1.77. The first-order valence-electron chi connectivity index (χ1n) is 9.96. The Kier molecular flexibility index (Phi) is 7.25. The molecule has 3 rings (SSSR count). The number of amides is 1. The van der Waals surface area contributed by atoms with Crippen molar-refractivity contribution in [3.05, 3.63) is 94.3 Å².